The van der Waals surface area contributed by atoms with Crippen molar-refractivity contribution in [1.29, 1.82) is 0 Å². The van der Waals surface area contributed by atoms with E-state index < -0.39 is 0 Å². The molecular formula is C15H20ClFN2O2. The van der Waals surface area contributed by atoms with Gasteiger partial charge >= 0.3 is 6.09 Å². The van der Waals surface area contributed by atoms with Crippen molar-refractivity contribution >= 4 is 17.7 Å². The maximum Gasteiger partial charge on any atom is 0.409 e. The second kappa shape index (κ2) is 7.61. The van der Waals surface area contributed by atoms with Crippen molar-refractivity contribution in [2.24, 2.45) is 0 Å². The molecule has 1 heterocycles. The smallest absolute Gasteiger partial charge is 0.409 e. The van der Waals surface area contributed by atoms with E-state index in [1.807, 2.05) is 0 Å². The van der Waals surface area contributed by atoms with Gasteiger partial charge < -0.3 is 15.0 Å². The number of likely N-dealkylation sites (tertiary alicyclic amines) is 1. The zero-order valence-corrected chi connectivity index (χ0v) is 12.8. The Bertz CT molecular complexity index is 470. The minimum absolute atomic E-state index is 0.256. The zero-order valence-electron chi connectivity index (χ0n) is 12.1. The summed E-state index contributed by atoms with van der Waals surface area (Å²) < 4.78 is 18.6. The predicted octanol–water partition coefficient (Wildman–Crippen LogP) is 3.19. The Morgan fingerprint density at radius 1 is 1.48 bits per heavy atom. The lowest BCUT2D eigenvalue weighted by atomic mass is 10.0. The fraction of sp³-hybridized carbons (Fsp3) is 0.533. The average molecular weight is 315 g/mol. The maximum atomic E-state index is 13.7. The molecule has 1 N–H and O–H groups in total. The number of carbonyl (C=O) groups excluding carboxylic acids is 1. The summed E-state index contributed by atoms with van der Waals surface area (Å²) in [6, 6.07) is 4.95. The van der Waals surface area contributed by atoms with Gasteiger partial charge in [-0.2, -0.15) is 0 Å². The maximum absolute atomic E-state index is 13.7. The van der Waals surface area contributed by atoms with Crippen LogP contribution in [-0.2, 0) is 11.3 Å². The van der Waals surface area contributed by atoms with Crippen molar-refractivity contribution in [3.05, 3.63) is 34.6 Å². The summed E-state index contributed by atoms with van der Waals surface area (Å²) in [6.07, 6.45) is 1.39. The lowest BCUT2D eigenvalue weighted by Crippen LogP contribution is -2.45. The fourth-order valence-corrected chi connectivity index (χ4v) is 2.66. The van der Waals surface area contributed by atoms with Crippen molar-refractivity contribution in [2.75, 3.05) is 19.7 Å². The summed E-state index contributed by atoms with van der Waals surface area (Å²) in [4.78, 5) is 13.3. The molecule has 116 valence electrons. The Morgan fingerprint density at radius 2 is 2.19 bits per heavy atom. The minimum Gasteiger partial charge on any atom is -0.450 e. The van der Waals surface area contributed by atoms with E-state index in [1.54, 1.807) is 24.0 Å². The zero-order chi connectivity index (χ0) is 15.2. The van der Waals surface area contributed by atoms with Crippen molar-refractivity contribution in [2.45, 2.75) is 32.4 Å². The molecular weight excluding hydrogens is 295 g/mol. The molecule has 1 saturated heterocycles. The van der Waals surface area contributed by atoms with Crippen LogP contribution in [0, 0.1) is 5.82 Å². The number of hydrogen-bond donors (Lipinski definition) is 1. The van der Waals surface area contributed by atoms with Gasteiger partial charge in [0.05, 0.1) is 6.61 Å². The van der Waals surface area contributed by atoms with Gasteiger partial charge in [0.25, 0.3) is 0 Å². The van der Waals surface area contributed by atoms with Gasteiger partial charge in [-0.3, -0.25) is 0 Å². The van der Waals surface area contributed by atoms with Crippen LogP contribution in [0.4, 0.5) is 9.18 Å². The number of nitrogens with one attached hydrogen (secondary N) is 1. The Kier molecular flexibility index (Phi) is 5.82. The van der Waals surface area contributed by atoms with Crippen LogP contribution in [0.3, 0.4) is 0 Å². The van der Waals surface area contributed by atoms with Crippen molar-refractivity contribution in [1.82, 2.24) is 10.2 Å². The van der Waals surface area contributed by atoms with Crippen LogP contribution >= 0.6 is 11.6 Å². The lowest BCUT2D eigenvalue weighted by molar-refractivity contribution is 0.0950. The van der Waals surface area contributed by atoms with Crippen LogP contribution < -0.4 is 5.32 Å². The highest BCUT2D eigenvalue weighted by atomic mass is 35.5. The molecule has 6 heteroatoms. The van der Waals surface area contributed by atoms with Gasteiger partial charge in [0, 0.05) is 36.3 Å². The van der Waals surface area contributed by atoms with Crippen LogP contribution in [-0.4, -0.2) is 36.7 Å². The summed E-state index contributed by atoms with van der Waals surface area (Å²) >= 11 is 6.00. The number of piperidine rings is 1. The average Bonchev–Trinajstić information content (AvgIpc) is 2.47. The molecule has 0 atom stereocenters. The monoisotopic (exact) mass is 314 g/mol. The quantitative estimate of drug-likeness (QED) is 0.928. The third kappa shape index (κ3) is 4.32. The van der Waals surface area contributed by atoms with Gasteiger partial charge in [0.2, 0.25) is 0 Å². The molecule has 0 bridgehead atoms. The third-order valence-corrected chi connectivity index (χ3v) is 4.00. The number of amides is 1. The van der Waals surface area contributed by atoms with Crippen molar-refractivity contribution < 1.29 is 13.9 Å². The molecule has 4 nitrogen and oxygen atoms in total. The second-order valence-corrected chi connectivity index (χ2v) is 5.45. The summed E-state index contributed by atoms with van der Waals surface area (Å²) in [7, 11) is 0. The first kappa shape index (κ1) is 16.0. The summed E-state index contributed by atoms with van der Waals surface area (Å²) in [5.74, 6) is -0.293. The summed E-state index contributed by atoms with van der Waals surface area (Å²) in [5, 5.41) is 3.74. The molecule has 0 spiro atoms. The third-order valence-electron chi connectivity index (χ3n) is 3.65. The number of halogens is 2. The summed E-state index contributed by atoms with van der Waals surface area (Å²) in [5.41, 5.74) is 0.493. The molecule has 0 aliphatic carbocycles. The molecule has 1 fully saturated rings. The Hall–Kier alpha value is -1.33. The van der Waals surface area contributed by atoms with E-state index in [4.69, 9.17) is 16.3 Å². The van der Waals surface area contributed by atoms with E-state index in [-0.39, 0.29) is 18.0 Å². The number of nitrogens with zero attached hydrogens (tertiary/aromatic N) is 1. The number of rotatable bonds is 4. The first-order chi connectivity index (χ1) is 10.1. The number of benzene rings is 1. The van der Waals surface area contributed by atoms with Crippen LogP contribution in [0.5, 0.6) is 0 Å². The SMILES string of the molecule is CCOC(=O)N1CCC(NCc2c(F)cccc2Cl)CC1. The van der Waals surface area contributed by atoms with Crippen LogP contribution in [0.25, 0.3) is 0 Å². The van der Waals surface area contributed by atoms with E-state index in [9.17, 15) is 9.18 Å². The molecule has 0 unspecified atom stereocenters. The molecule has 1 aliphatic heterocycles. The first-order valence-electron chi connectivity index (χ1n) is 7.19. The lowest BCUT2D eigenvalue weighted by Gasteiger charge is -2.31. The highest BCUT2D eigenvalue weighted by molar-refractivity contribution is 6.31. The van der Waals surface area contributed by atoms with Gasteiger partial charge in [0.15, 0.2) is 0 Å². The number of carbonyl (C=O) groups is 1. The van der Waals surface area contributed by atoms with Gasteiger partial charge in [-0.05, 0) is 31.9 Å². The highest BCUT2D eigenvalue weighted by Crippen LogP contribution is 2.19. The minimum atomic E-state index is -0.293. The first-order valence-corrected chi connectivity index (χ1v) is 7.57. The van der Waals surface area contributed by atoms with E-state index >= 15 is 0 Å². The van der Waals surface area contributed by atoms with Crippen molar-refractivity contribution in [3.8, 4) is 0 Å². The molecule has 0 saturated carbocycles. The fourth-order valence-electron chi connectivity index (χ4n) is 2.43. The number of ether oxygens (including phenoxy) is 1. The van der Waals surface area contributed by atoms with Gasteiger partial charge in [-0.25, -0.2) is 9.18 Å². The normalized spacial score (nSPS) is 16.0. The van der Waals surface area contributed by atoms with E-state index in [0.717, 1.165) is 12.8 Å². The van der Waals surface area contributed by atoms with Crippen LogP contribution in [0.2, 0.25) is 5.02 Å². The topological polar surface area (TPSA) is 41.6 Å². The predicted molar refractivity (Wildman–Crippen MR) is 79.9 cm³/mol. The largest absolute Gasteiger partial charge is 0.450 e. The molecule has 1 aliphatic rings. The summed E-state index contributed by atoms with van der Waals surface area (Å²) in [6.45, 7) is 3.89. The molecule has 0 radical (unpaired) electrons. The molecule has 1 amide bonds. The molecule has 1 aromatic carbocycles. The van der Waals surface area contributed by atoms with Crippen LogP contribution in [0.1, 0.15) is 25.3 Å². The second-order valence-electron chi connectivity index (χ2n) is 5.04. The molecule has 1 aromatic rings. The molecule has 0 aromatic heterocycles. The van der Waals surface area contributed by atoms with Crippen LogP contribution in [0.15, 0.2) is 18.2 Å². The van der Waals surface area contributed by atoms with Crippen molar-refractivity contribution in [3.63, 3.8) is 0 Å². The van der Waals surface area contributed by atoms with Gasteiger partial charge in [-0.1, -0.05) is 17.7 Å². The Balaban J connectivity index is 1.80. The van der Waals surface area contributed by atoms with Gasteiger partial charge in [-0.15, -0.1) is 0 Å². The highest BCUT2D eigenvalue weighted by Gasteiger charge is 2.23. The van der Waals surface area contributed by atoms with E-state index in [2.05, 4.69) is 5.32 Å². The van der Waals surface area contributed by atoms with Gasteiger partial charge in [0.1, 0.15) is 5.82 Å². The molecule has 21 heavy (non-hydrogen) atoms. The number of hydrogen-bond acceptors (Lipinski definition) is 3. The van der Waals surface area contributed by atoms with E-state index in [0.29, 0.717) is 36.8 Å². The standard InChI is InChI=1S/C15H20ClFN2O2/c1-2-21-15(20)19-8-6-11(7-9-19)18-10-12-13(16)4-3-5-14(12)17/h3-5,11,18H,2,6-10H2,1H3. The molecule has 2 rings (SSSR count). The Labute approximate surface area is 129 Å². The van der Waals surface area contributed by atoms with E-state index in [1.165, 1.54) is 6.07 Å². The Morgan fingerprint density at radius 3 is 2.81 bits per heavy atom.